The molecule has 0 radical (unpaired) electrons. The van der Waals surface area contributed by atoms with E-state index < -0.39 is 17.8 Å². The second-order valence-corrected chi connectivity index (χ2v) is 6.15. The first-order valence-electron chi connectivity index (χ1n) is 8.11. The smallest absolute Gasteiger partial charge is 0.361 e. The van der Waals surface area contributed by atoms with Crippen LogP contribution < -0.4 is 0 Å². The second-order valence-electron chi connectivity index (χ2n) is 6.15. The molecule has 0 unspecified atom stereocenters. The van der Waals surface area contributed by atoms with Gasteiger partial charge in [0.25, 0.3) is 5.91 Å². The van der Waals surface area contributed by atoms with Crippen molar-refractivity contribution in [2.24, 2.45) is 7.05 Å². The molecule has 0 N–H and O–H groups in total. The molecule has 0 bridgehead atoms. The monoisotopic (exact) mass is 356 g/mol. The van der Waals surface area contributed by atoms with Crippen molar-refractivity contribution in [3.63, 3.8) is 0 Å². The fourth-order valence-corrected chi connectivity index (χ4v) is 3.40. The van der Waals surface area contributed by atoms with Crippen LogP contribution in [0.25, 0.3) is 0 Å². The molecule has 0 saturated carbocycles. The summed E-state index contributed by atoms with van der Waals surface area (Å²) in [5.41, 5.74) is 0.426. The first kappa shape index (κ1) is 17.5. The minimum absolute atomic E-state index is 0.200. The van der Waals surface area contributed by atoms with Crippen LogP contribution in [0.5, 0.6) is 0 Å². The zero-order valence-electron chi connectivity index (χ0n) is 14.2. The van der Waals surface area contributed by atoms with Crippen LogP contribution in [0.15, 0.2) is 10.6 Å². The Morgan fingerprint density at radius 1 is 1.44 bits per heavy atom. The van der Waals surface area contributed by atoms with Crippen LogP contribution in [-0.4, -0.2) is 32.3 Å². The van der Waals surface area contributed by atoms with E-state index in [1.165, 1.54) is 7.05 Å². The van der Waals surface area contributed by atoms with Gasteiger partial charge in [-0.2, -0.15) is 18.3 Å². The Kier molecular flexibility index (Phi) is 4.34. The molecule has 0 aromatic carbocycles. The number of alkyl halides is 3. The third kappa shape index (κ3) is 3.03. The largest absolute Gasteiger partial charge is 0.433 e. The third-order valence-corrected chi connectivity index (χ3v) is 4.54. The number of likely N-dealkylation sites (tertiary alicyclic amines) is 1. The second kappa shape index (κ2) is 6.20. The summed E-state index contributed by atoms with van der Waals surface area (Å²) in [6, 6.07) is 0.559. The van der Waals surface area contributed by atoms with Crippen LogP contribution in [-0.2, 0) is 19.6 Å². The highest BCUT2D eigenvalue weighted by molar-refractivity contribution is 5.93. The van der Waals surface area contributed by atoms with Crippen LogP contribution in [0.1, 0.15) is 59.0 Å². The molecular formula is C16H19F3N4O2. The molecule has 3 heterocycles. The van der Waals surface area contributed by atoms with Crippen LogP contribution >= 0.6 is 0 Å². The average molecular weight is 356 g/mol. The number of nitrogens with zero attached hydrogens (tertiary/aromatic N) is 4. The van der Waals surface area contributed by atoms with Gasteiger partial charge in [0, 0.05) is 31.6 Å². The van der Waals surface area contributed by atoms with Crippen molar-refractivity contribution in [3.05, 3.63) is 34.5 Å². The Labute approximate surface area is 142 Å². The molecule has 1 amide bonds. The highest BCUT2D eigenvalue weighted by Crippen LogP contribution is 2.37. The number of hydrogen-bond donors (Lipinski definition) is 0. The minimum atomic E-state index is -4.55. The highest BCUT2D eigenvalue weighted by atomic mass is 19.4. The van der Waals surface area contributed by atoms with Crippen LogP contribution in [0.2, 0.25) is 0 Å². The van der Waals surface area contributed by atoms with Gasteiger partial charge in [-0.25, -0.2) is 0 Å². The summed E-state index contributed by atoms with van der Waals surface area (Å²) in [4.78, 5) is 14.4. The van der Waals surface area contributed by atoms with Gasteiger partial charge in [-0.1, -0.05) is 12.1 Å². The van der Waals surface area contributed by atoms with Gasteiger partial charge in [0.2, 0.25) is 0 Å². The molecule has 2 aromatic heterocycles. The molecule has 2 aromatic rings. The Hall–Kier alpha value is -2.32. The third-order valence-electron chi connectivity index (χ3n) is 4.54. The number of carbonyl (C=O) groups is 1. The number of amides is 1. The topological polar surface area (TPSA) is 64.2 Å². The molecular weight excluding hydrogens is 337 g/mol. The molecule has 3 rings (SSSR count). The first-order chi connectivity index (χ1) is 11.7. The average Bonchev–Trinajstić information content (AvgIpc) is 3.23. The molecule has 1 saturated heterocycles. The van der Waals surface area contributed by atoms with Crippen molar-refractivity contribution in [1.29, 1.82) is 0 Å². The van der Waals surface area contributed by atoms with Gasteiger partial charge < -0.3 is 9.42 Å². The van der Waals surface area contributed by atoms with Gasteiger partial charge in [-0.05, 0) is 19.8 Å². The lowest BCUT2D eigenvalue weighted by molar-refractivity contribution is -0.143. The van der Waals surface area contributed by atoms with E-state index in [1.807, 2.05) is 13.8 Å². The quantitative estimate of drug-likeness (QED) is 0.847. The van der Waals surface area contributed by atoms with E-state index in [-0.39, 0.29) is 11.7 Å². The van der Waals surface area contributed by atoms with Gasteiger partial charge in [-0.3, -0.25) is 9.48 Å². The lowest BCUT2D eigenvalue weighted by Gasteiger charge is -2.24. The van der Waals surface area contributed by atoms with Crippen molar-refractivity contribution in [3.8, 4) is 0 Å². The first-order valence-corrected chi connectivity index (χ1v) is 8.11. The summed E-state index contributed by atoms with van der Waals surface area (Å²) in [6.07, 6.45) is -2.43. The maximum atomic E-state index is 12.9. The van der Waals surface area contributed by atoms with Gasteiger partial charge >= 0.3 is 6.18 Å². The number of halogens is 3. The molecule has 0 spiro atoms. The van der Waals surface area contributed by atoms with E-state index in [1.54, 1.807) is 4.90 Å². The maximum Gasteiger partial charge on any atom is 0.433 e. The van der Waals surface area contributed by atoms with E-state index in [9.17, 15) is 18.0 Å². The summed E-state index contributed by atoms with van der Waals surface area (Å²) in [6.45, 7) is 4.20. The SMILES string of the molecule is CCc1onc(C)c1[C@@H]1CCCN1C(=O)c1cc(C(F)(F)F)n(C)n1. The van der Waals surface area contributed by atoms with Crippen molar-refractivity contribution in [2.45, 2.75) is 45.3 Å². The summed E-state index contributed by atoms with van der Waals surface area (Å²) >= 11 is 0. The maximum absolute atomic E-state index is 12.9. The highest BCUT2D eigenvalue weighted by Gasteiger charge is 2.39. The molecule has 0 aliphatic carbocycles. The normalized spacial score (nSPS) is 18.2. The van der Waals surface area contributed by atoms with E-state index in [0.29, 0.717) is 29.1 Å². The molecule has 6 nitrogen and oxygen atoms in total. The van der Waals surface area contributed by atoms with Crippen molar-refractivity contribution in [2.75, 3.05) is 6.54 Å². The summed E-state index contributed by atoms with van der Waals surface area (Å²) < 4.78 is 44.8. The Morgan fingerprint density at radius 3 is 2.76 bits per heavy atom. The van der Waals surface area contributed by atoms with E-state index in [4.69, 9.17) is 4.52 Å². The van der Waals surface area contributed by atoms with E-state index in [0.717, 1.165) is 24.5 Å². The molecule has 9 heteroatoms. The van der Waals surface area contributed by atoms with Gasteiger partial charge in [0.15, 0.2) is 5.69 Å². The Balaban J connectivity index is 1.93. The lowest BCUT2D eigenvalue weighted by Crippen LogP contribution is -2.31. The van der Waals surface area contributed by atoms with Crippen molar-refractivity contribution >= 4 is 5.91 Å². The fraction of sp³-hybridized carbons (Fsp3) is 0.562. The van der Waals surface area contributed by atoms with Crippen LogP contribution in [0.3, 0.4) is 0 Å². The molecule has 1 fully saturated rings. The van der Waals surface area contributed by atoms with Crippen molar-refractivity contribution in [1.82, 2.24) is 19.8 Å². The lowest BCUT2D eigenvalue weighted by atomic mass is 10.0. The number of carbonyl (C=O) groups excluding carboxylic acids is 1. The zero-order chi connectivity index (χ0) is 18.4. The number of aromatic nitrogens is 3. The summed E-state index contributed by atoms with van der Waals surface area (Å²) in [5, 5.41) is 7.74. The van der Waals surface area contributed by atoms with Gasteiger partial charge in [-0.15, -0.1) is 0 Å². The van der Waals surface area contributed by atoms with E-state index >= 15 is 0 Å². The van der Waals surface area contributed by atoms with Crippen LogP contribution in [0, 0.1) is 6.92 Å². The number of aryl methyl sites for hydroxylation is 3. The summed E-state index contributed by atoms with van der Waals surface area (Å²) in [7, 11) is 1.18. The van der Waals surface area contributed by atoms with Crippen LogP contribution in [0.4, 0.5) is 13.2 Å². The standard InChI is InChI=1S/C16H19F3N4O2/c1-4-12-14(9(2)21-25-12)11-6-5-7-23(11)15(24)10-8-13(16(17,18)19)22(3)20-10/h8,11H,4-7H2,1-3H3/t11-/m0/s1. The molecule has 1 aliphatic heterocycles. The summed E-state index contributed by atoms with van der Waals surface area (Å²) in [5.74, 6) is 0.204. The van der Waals surface area contributed by atoms with Crippen molar-refractivity contribution < 1.29 is 22.5 Å². The number of rotatable bonds is 3. The number of hydrogen-bond acceptors (Lipinski definition) is 4. The Bertz CT molecular complexity index is 794. The zero-order valence-corrected chi connectivity index (χ0v) is 14.2. The Morgan fingerprint density at radius 2 is 2.16 bits per heavy atom. The molecule has 136 valence electrons. The van der Waals surface area contributed by atoms with Gasteiger partial charge in [0.1, 0.15) is 11.5 Å². The van der Waals surface area contributed by atoms with E-state index in [2.05, 4.69) is 10.3 Å². The minimum Gasteiger partial charge on any atom is -0.361 e. The molecule has 1 atom stereocenters. The predicted octanol–water partition coefficient (Wildman–Crippen LogP) is 3.28. The van der Waals surface area contributed by atoms with Gasteiger partial charge in [0.05, 0.1) is 11.7 Å². The predicted molar refractivity (Wildman–Crippen MR) is 81.8 cm³/mol. The molecule has 1 aliphatic rings. The fourth-order valence-electron chi connectivity index (χ4n) is 3.40. The molecule has 25 heavy (non-hydrogen) atoms.